The van der Waals surface area contributed by atoms with E-state index in [2.05, 4.69) is 30.6 Å². The highest BCUT2D eigenvalue weighted by Gasteiger charge is 2.65. The molecule has 3 aromatic carbocycles. The van der Waals surface area contributed by atoms with E-state index in [4.69, 9.17) is 33.7 Å². The molecule has 12 nitrogen and oxygen atoms in total. The summed E-state index contributed by atoms with van der Waals surface area (Å²) in [5, 5.41) is 25.0. The fourth-order valence-electron chi connectivity index (χ4n) is 10.2. The van der Waals surface area contributed by atoms with Crippen molar-refractivity contribution in [2.24, 2.45) is 22.9 Å². The van der Waals surface area contributed by atoms with Crippen molar-refractivity contribution in [1.82, 2.24) is 9.88 Å². The maximum Gasteiger partial charge on any atom is 0.254 e. The van der Waals surface area contributed by atoms with Crippen LogP contribution in [-0.4, -0.2) is 76.7 Å². The van der Waals surface area contributed by atoms with E-state index in [1.807, 2.05) is 72.5 Å². The number of amides is 1. The molecule has 0 radical (unpaired) electrons. The summed E-state index contributed by atoms with van der Waals surface area (Å²) in [6, 6.07) is 26.5. The normalized spacial score (nSPS) is 23.3. The van der Waals surface area contributed by atoms with Gasteiger partial charge in [-0.25, -0.2) is 0 Å². The van der Waals surface area contributed by atoms with Crippen LogP contribution in [0.25, 0.3) is 0 Å². The molecule has 0 bridgehead atoms. The van der Waals surface area contributed by atoms with E-state index in [0.29, 0.717) is 61.0 Å². The highest BCUT2D eigenvalue weighted by Crippen LogP contribution is 2.62. The van der Waals surface area contributed by atoms with Gasteiger partial charge in [-0.15, -0.1) is 6.58 Å². The van der Waals surface area contributed by atoms with Crippen LogP contribution < -0.4 is 18.9 Å². The van der Waals surface area contributed by atoms with Crippen molar-refractivity contribution in [3.8, 4) is 23.0 Å². The number of pyridine rings is 1. The highest BCUT2D eigenvalue weighted by molar-refractivity contribution is 6.03. The minimum Gasteiger partial charge on any atom is -0.487 e. The van der Waals surface area contributed by atoms with Crippen LogP contribution in [0.2, 0.25) is 0 Å². The summed E-state index contributed by atoms with van der Waals surface area (Å²) >= 11 is 0. The van der Waals surface area contributed by atoms with Crippen LogP contribution in [0.4, 0.5) is 0 Å². The van der Waals surface area contributed by atoms with Crippen molar-refractivity contribution in [3.63, 3.8) is 0 Å². The van der Waals surface area contributed by atoms with Crippen LogP contribution in [0.3, 0.4) is 0 Å². The van der Waals surface area contributed by atoms with Gasteiger partial charge in [-0.2, -0.15) is 0 Å². The molecule has 3 heterocycles. The van der Waals surface area contributed by atoms with Gasteiger partial charge in [0.15, 0.2) is 11.5 Å². The van der Waals surface area contributed by atoms with Crippen LogP contribution in [0.5, 0.6) is 23.0 Å². The molecule has 0 saturated heterocycles. The first-order valence-electron chi connectivity index (χ1n) is 22.9. The summed E-state index contributed by atoms with van der Waals surface area (Å²) in [6.45, 7) is 9.54. The lowest BCUT2D eigenvalue weighted by molar-refractivity contribution is -0.254. The molecule has 1 saturated carbocycles. The van der Waals surface area contributed by atoms with Crippen molar-refractivity contribution in [2.45, 2.75) is 96.2 Å². The van der Waals surface area contributed by atoms with Gasteiger partial charge in [-0.3, -0.25) is 9.78 Å². The molecule has 4 aromatic rings. The van der Waals surface area contributed by atoms with Crippen molar-refractivity contribution in [3.05, 3.63) is 137 Å². The lowest BCUT2D eigenvalue weighted by Gasteiger charge is -2.60. The quantitative estimate of drug-likeness (QED) is 0.0473. The molecule has 1 fully saturated rings. The molecule has 2 aliphatic carbocycles. The zero-order chi connectivity index (χ0) is 44.5. The maximum absolute atomic E-state index is 15.2. The minimum absolute atomic E-state index is 0.0662. The average Bonchev–Trinajstić information content (AvgIpc) is 3.79. The SMILES string of the molecule is C=CCOC12Oc3ccc(OCc4cccc(C)n4)cc3C3C(CCCCO)C(CCCCO)C=C(C(=NOCc4ccccc4)CC1N(CCC)C(=O)c1ccc4c(c1)OCO4)C32. The fraction of sp³-hybridized carbons (Fsp3) is 0.442. The van der Waals surface area contributed by atoms with Gasteiger partial charge in [0.25, 0.3) is 5.91 Å². The Morgan fingerprint density at radius 2 is 1.73 bits per heavy atom. The second kappa shape index (κ2) is 20.9. The Balaban J connectivity index is 1.31. The van der Waals surface area contributed by atoms with Crippen molar-refractivity contribution < 1.29 is 43.5 Å². The number of nitrogens with zero attached hydrogens (tertiary/aromatic N) is 3. The summed E-state index contributed by atoms with van der Waals surface area (Å²) in [5.74, 6) is 0.378. The lowest BCUT2D eigenvalue weighted by Crippen LogP contribution is -2.70. The number of hydrogen-bond acceptors (Lipinski definition) is 11. The van der Waals surface area contributed by atoms with Gasteiger partial charge in [-0.1, -0.05) is 73.5 Å². The van der Waals surface area contributed by atoms with Crippen LogP contribution >= 0.6 is 0 Å². The number of aliphatic hydroxyl groups excluding tert-OH is 2. The molecule has 2 N–H and O–H groups in total. The average molecular weight is 872 g/mol. The van der Waals surface area contributed by atoms with E-state index < -0.39 is 17.7 Å². The monoisotopic (exact) mass is 871 g/mol. The third-order valence-electron chi connectivity index (χ3n) is 12.9. The number of carbonyl (C=O) groups excluding carboxylic acids is 1. The second-order valence-electron chi connectivity index (χ2n) is 17.2. The molecule has 6 atom stereocenters. The third kappa shape index (κ3) is 9.55. The molecule has 64 heavy (non-hydrogen) atoms. The molecule has 338 valence electrons. The van der Waals surface area contributed by atoms with E-state index in [9.17, 15) is 10.2 Å². The number of oxime groups is 1. The Hall–Kier alpha value is -5.69. The van der Waals surface area contributed by atoms with E-state index >= 15 is 4.79 Å². The molecule has 1 aromatic heterocycles. The Kier molecular flexibility index (Phi) is 14.6. The minimum atomic E-state index is -1.39. The number of aliphatic hydroxyl groups is 2. The number of aryl methyl sites for hydroxylation is 1. The van der Waals surface area contributed by atoms with Gasteiger partial charge in [0.2, 0.25) is 12.6 Å². The number of aromatic nitrogens is 1. The van der Waals surface area contributed by atoms with Crippen LogP contribution in [0, 0.1) is 24.7 Å². The summed E-state index contributed by atoms with van der Waals surface area (Å²) in [7, 11) is 0. The first-order valence-corrected chi connectivity index (χ1v) is 22.9. The van der Waals surface area contributed by atoms with E-state index in [1.54, 1.807) is 24.3 Å². The van der Waals surface area contributed by atoms with Gasteiger partial charge in [-0.05, 0) is 111 Å². The Morgan fingerprint density at radius 3 is 2.52 bits per heavy atom. The van der Waals surface area contributed by atoms with Gasteiger partial charge >= 0.3 is 0 Å². The summed E-state index contributed by atoms with van der Waals surface area (Å²) in [4.78, 5) is 28.0. The molecular formula is C52H61N3O9. The van der Waals surface area contributed by atoms with Gasteiger partial charge in [0, 0.05) is 48.9 Å². The maximum atomic E-state index is 15.2. The highest BCUT2D eigenvalue weighted by atomic mass is 16.7. The first kappa shape index (κ1) is 44.9. The van der Waals surface area contributed by atoms with Gasteiger partial charge in [0.1, 0.15) is 30.8 Å². The van der Waals surface area contributed by atoms with Crippen LogP contribution in [0.15, 0.2) is 114 Å². The number of carbonyl (C=O) groups is 1. The zero-order valence-corrected chi connectivity index (χ0v) is 37.0. The topological polar surface area (TPSA) is 141 Å². The van der Waals surface area contributed by atoms with Gasteiger partial charge in [0.05, 0.1) is 23.9 Å². The molecule has 8 rings (SSSR count). The molecule has 4 aliphatic rings. The number of allylic oxidation sites excluding steroid dienone is 1. The van der Waals surface area contributed by atoms with Crippen LogP contribution in [0.1, 0.15) is 97.1 Å². The molecular weight excluding hydrogens is 811 g/mol. The van der Waals surface area contributed by atoms with Crippen molar-refractivity contribution in [2.75, 3.05) is 33.2 Å². The largest absolute Gasteiger partial charge is 0.487 e. The number of benzene rings is 3. The number of ether oxygens (including phenoxy) is 5. The smallest absolute Gasteiger partial charge is 0.254 e. The number of unbranched alkanes of at least 4 members (excludes halogenated alkanes) is 2. The van der Waals surface area contributed by atoms with Crippen LogP contribution in [-0.2, 0) is 22.8 Å². The number of fused-ring (bicyclic) bond motifs is 3. The van der Waals surface area contributed by atoms with Gasteiger partial charge < -0.3 is 43.6 Å². The van der Waals surface area contributed by atoms with E-state index in [1.165, 1.54) is 0 Å². The number of hydrogen-bond donors (Lipinski definition) is 2. The van der Waals surface area contributed by atoms with E-state index in [-0.39, 0.29) is 63.3 Å². The fourth-order valence-corrected chi connectivity index (χ4v) is 10.2. The molecule has 12 heteroatoms. The lowest BCUT2D eigenvalue weighted by atomic mass is 9.55. The Morgan fingerprint density at radius 1 is 0.938 bits per heavy atom. The molecule has 2 aliphatic heterocycles. The zero-order valence-electron chi connectivity index (χ0n) is 37.0. The molecule has 1 amide bonds. The summed E-state index contributed by atoms with van der Waals surface area (Å²) < 4.78 is 32.4. The third-order valence-corrected chi connectivity index (χ3v) is 12.9. The van der Waals surface area contributed by atoms with Crippen molar-refractivity contribution in [1.29, 1.82) is 0 Å². The second-order valence-corrected chi connectivity index (χ2v) is 17.2. The predicted molar refractivity (Wildman–Crippen MR) is 243 cm³/mol. The molecule has 6 unspecified atom stereocenters. The summed E-state index contributed by atoms with van der Waals surface area (Å²) in [5.41, 5.74) is 5.88. The number of rotatable bonds is 21. The standard InChI is InChI=1S/C52H61N3O9/c1-4-24-55(51(58)38-20-22-46-47(29-38)61-34-60-46)48-31-44(54-63-32-36-15-7-6-8-16-36)42-28-37(17-9-11-25-56)41(19-10-12-26-57)49-43-30-40(59-33-39-18-13-14-35(3)53-39)21-23-45(43)64-52(48,50(42)49)62-27-5-2/h5-8,13-16,18,20-23,28-30,37,41,48-50,56-57H,2,4,9-12,17,19,24-27,31-34H2,1,3H3. The summed E-state index contributed by atoms with van der Waals surface area (Å²) in [6.07, 6.45) is 9.70. The molecule has 0 spiro atoms. The first-order chi connectivity index (χ1) is 31.4. The van der Waals surface area contributed by atoms with Crippen molar-refractivity contribution >= 4 is 11.6 Å². The Labute approximate surface area is 376 Å². The predicted octanol–water partition coefficient (Wildman–Crippen LogP) is 9.08. The Bertz CT molecular complexity index is 2300. The van der Waals surface area contributed by atoms with E-state index in [0.717, 1.165) is 59.5 Å².